The van der Waals surface area contributed by atoms with Gasteiger partial charge in [0.25, 0.3) is 0 Å². The molecule has 1 aromatic heterocycles. The van der Waals surface area contributed by atoms with Gasteiger partial charge in [-0.1, -0.05) is 54.6 Å². The number of hydrogen-bond acceptors (Lipinski definition) is 3. The number of benzene rings is 2. The number of amides is 1. The first kappa shape index (κ1) is 20.2. The number of pyridine rings is 1. The molecule has 2 aliphatic heterocycles. The van der Waals surface area contributed by atoms with E-state index in [4.69, 9.17) is 4.74 Å². The molecule has 2 aromatic carbocycles. The fourth-order valence-electron chi connectivity index (χ4n) is 5.75. The highest BCUT2D eigenvalue weighted by Gasteiger charge is 2.39. The summed E-state index contributed by atoms with van der Waals surface area (Å²) in [5.74, 6) is -0.237. The van der Waals surface area contributed by atoms with Gasteiger partial charge in [-0.25, -0.2) is 9.18 Å². The number of rotatable bonds is 3. The zero-order valence-electron chi connectivity index (χ0n) is 18.3. The van der Waals surface area contributed by atoms with Gasteiger partial charge in [0.2, 0.25) is 0 Å². The van der Waals surface area contributed by atoms with E-state index in [-0.39, 0.29) is 29.9 Å². The molecule has 1 aliphatic carbocycles. The number of halogens is 1. The molecule has 1 saturated heterocycles. The van der Waals surface area contributed by atoms with Gasteiger partial charge in [-0.2, -0.15) is 0 Å². The Kier molecular flexibility index (Phi) is 4.97. The summed E-state index contributed by atoms with van der Waals surface area (Å²) in [7, 11) is 0. The molecule has 1 fully saturated rings. The molecule has 2 atom stereocenters. The number of carbonyl (C=O) groups excluding carboxylic acids is 1. The minimum atomic E-state index is -0.287. The molecule has 0 N–H and O–H groups in total. The third kappa shape index (κ3) is 3.52. The van der Waals surface area contributed by atoms with E-state index in [1.807, 2.05) is 17.0 Å². The Labute approximate surface area is 192 Å². The largest absolute Gasteiger partial charge is 0.448 e. The number of fused-ring (bicyclic) bond motifs is 5. The number of aromatic nitrogens is 1. The Morgan fingerprint density at radius 1 is 1.03 bits per heavy atom. The van der Waals surface area contributed by atoms with E-state index in [1.54, 1.807) is 0 Å². The average molecular weight is 441 g/mol. The highest BCUT2D eigenvalue weighted by atomic mass is 19.1. The first-order valence-corrected chi connectivity index (χ1v) is 11.6. The van der Waals surface area contributed by atoms with Gasteiger partial charge < -0.3 is 4.74 Å². The summed E-state index contributed by atoms with van der Waals surface area (Å²) in [5, 5.41) is 0. The molecule has 1 amide bonds. The second-order valence-electron chi connectivity index (χ2n) is 9.12. The van der Waals surface area contributed by atoms with Gasteiger partial charge in [-0.15, -0.1) is 0 Å². The second kappa shape index (κ2) is 8.14. The fraction of sp³-hybridized carbons (Fsp3) is 0.286. The molecule has 0 saturated carbocycles. The summed E-state index contributed by atoms with van der Waals surface area (Å²) in [5.41, 5.74) is 6.55. The minimum Gasteiger partial charge on any atom is -0.448 e. The van der Waals surface area contributed by atoms with Crippen LogP contribution >= 0.6 is 0 Å². The first-order valence-electron chi connectivity index (χ1n) is 11.6. The molecule has 3 aliphatic rings. The normalized spacial score (nSPS) is 21.2. The Morgan fingerprint density at radius 3 is 2.45 bits per heavy atom. The molecular formula is C28H25FN2O2. The van der Waals surface area contributed by atoms with Crippen LogP contribution in [0.1, 0.15) is 48.4 Å². The lowest BCUT2D eigenvalue weighted by Gasteiger charge is -2.44. The van der Waals surface area contributed by atoms with Crippen molar-refractivity contribution in [1.29, 1.82) is 0 Å². The van der Waals surface area contributed by atoms with E-state index < -0.39 is 0 Å². The highest BCUT2D eigenvalue weighted by molar-refractivity contribution is 5.79. The van der Waals surface area contributed by atoms with Crippen molar-refractivity contribution in [3.63, 3.8) is 0 Å². The quantitative estimate of drug-likeness (QED) is 0.488. The molecule has 0 radical (unpaired) electrons. The van der Waals surface area contributed by atoms with Crippen LogP contribution in [0.25, 0.3) is 16.7 Å². The van der Waals surface area contributed by atoms with Crippen LogP contribution in [0.4, 0.5) is 9.18 Å². The standard InChI is InChI=1S/C28H25FN2O2/c29-19-12-13-30-27(16-19)18-14-20-6-5-7-21(15-18)31(20)28(32)33-17-26-24-10-3-1-8-22(24)23-9-2-4-11-25(23)26/h1-4,8-14,16,20-21,26H,5-7,15,17H2. The summed E-state index contributed by atoms with van der Waals surface area (Å²) < 4.78 is 19.7. The van der Waals surface area contributed by atoms with Crippen molar-refractivity contribution in [2.45, 2.75) is 43.7 Å². The van der Waals surface area contributed by atoms with E-state index in [1.165, 1.54) is 40.6 Å². The predicted molar refractivity (Wildman–Crippen MR) is 125 cm³/mol. The SMILES string of the molecule is O=C(OCC1c2ccccc2-c2ccccc21)N1C2C=C(c3cc(F)ccn3)CC1CCC2. The van der Waals surface area contributed by atoms with Gasteiger partial charge in [0.15, 0.2) is 0 Å². The maximum Gasteiger partial charge on any atom is 0.410 e. The summed E-state index contributed by atoms with van der Waals surface area (Å²) in [6, 6.07) is 19.6. The van der Waals surface area contributed by atoms with Gasteiger partial charge in [0, 0.05) is 18.2 Å². The monoisotopic (exact) mass is 440 g/mol. The maximum atomic E-state index is 13.7. The zero-order valence-corrected chi connectivity index (χ0v) is 18.3. The topological polar surface area (TPSA) is 42.4 Å². The van der Waals surface area contributed by atoms with Gasteiger partial charge in [-0.05, 0) is 65.6 Å². The molecule has 0 spiro atoms. The van der Waals surface area contributed by atoms with Crippen LogP contribution in [-0.4, -0.2) is 34.7 Å². The Hall–Kier alpha value is -3.47. The van der Waals surface area contributed by atoms with Crippen molar-refractivity contribution in [3.8, 4) is 11.1 Å². The third-order valence-corrected chi connectivity index (χ3v) is 7.23. The van der Waals surface area contributed by atoms with E-state index >= 15 is 0 Å². The fourth-order valence-corrected chi connectivity index (χ4v) is 5.75. The predicted octanol–water partition coefficient (Wildman–Crippen LogP) is 6.18. The van der Waals surface area contributed by atoms with E-state index in [0.717, 1.165) is 24.8 Å². The van der Waals surface area contributed by atoms with E-state index in [0.29, 0.717) is 18.7 Å². The van der Waals surface area contributed by atoms with Crippen LogP contribution in [0.15, 0.2) is 72.9 Å². The van der Waals surface area contributed by atoms with Crippen LogP contribution in [0.2, 0.25) is 0 Å². The van der Waals surface area contributed by atoms with Crippen molar-refractivity contribution in [1.82, 2.24) is 9.88 Å². The Morgan fingerprint density at radius 2 is 1.76 bits per heavy atom. The number of ether oxygens (including phenoxy) is 1. The summed E-state index contributed by atoms with van der Waals surface area (Å²) in [6.07, 6.45) is 6.89. The van der Waals surface area contributed by atoms with Crippen molar-refractivity contribution < 1.29 is 13.9 Å². The molecular weight excluding hydrogens is 415 g/mol. The maximum absolute atomic E-state index is 13.7. The second-order valence-corrected chi connectivity index (χ2v) is 9.12. The minimum absolute atomic E-state index is 0.0341. The molecule has 2 bridgehead atoms. The molecule has 4 nitrogen and oxygen atoms in total. The summed E-state index contributed by atoms with van der Waals surface area (Å²) in [6.45, 7) is 0.324. The Balaban J connectivity index is 1.22. The van der Waals surface area contributed by atoms with Crippen LogP contribution in [0, 0.1) is 5.82 Å². The van der Waals surface area contributed by atoms with Crippen LogP contribution in [0.3, 0.4) is 0 Å². The Bertz CT molecular complexity index is 1210. The van der Waals surface area contributed by atoms with E-state index in [2.05, 4.69) is 47.5 Å². The average Bonchev–Trinajstić information content (AvgIpc) is 3.15. The number of nitrogens with zero attached hydrogens (tertiary/aromatic N) is 2. The van der Waals surface area contributed by atoms with E-state index in [9.17, 15) is 9.18 Å². The van der Waals surface area contributed by atoms with Crippen LogP contribution < -0.4 is 0 Å². The van der Waals surface area contributed by atoms with Crippen molar-refractivity contribution in [2.24, 2.45) is 0 Å². The van der Waals surface area contributed by atoms with Gasteiger partial charge in [0.1, 0.15) is 12.4 Å². The third-order valence-electron chi connectivity index (χ3n) is 7.23. The molecule has 33 heavy (non-hydrogen) atoms. The summed E-state index contributed by atoms with van der Waals surface area (Å²) in [4.78, 5) is 19.5. The molecule has 2 unspecified atom stereocenters. The van der Waals surface area contributed by atoms with Crippen molar-refractivity contribution in [3.05, 3.63) is 95.6 Å². The van der Waals surface area contributed by atoms with Crippen LogP contribution in [0.5, 0.6) is 0 Å². The lowest BCUT2D eigenvalue weighted by molar-refractivity contribution is 0.0538. The number of piperidine rings is 1. The lowest BCUT2D eigenvalue weighted by Crippen LogP contribution is -2.52. The van der Waals surface area contributed by atoms with Crippen molar-refractivity contribution in [2.75, 3.05) is 6.61 Å². The number of hydrogen-bond donors (Lipinski definition) is 0. The van der Waals surface area contributed by atoms with Gasteiger partial charge in [0.05, 0.1) is 11.7 Å². The van der Waals surface area contributed by atoms with Gasteiger partial charge in [-0.3, -0.25) is 9.88 Å². The molecule has 166 valence electrons. The molecule has 3 heterocycles. The zero-order chi connectivity index (χ0) is 22.4. The first-order chi connectivity index (χ1) is 16.2. The summed E-state index contributed by atoms with van der Waals surface area (Å²) >= 11 is 0. The van der Waals surface area contributed by atoms with Gasteiger partial charge >= 0.3 is 6.09 Å². The van der Waals surface area contributed by atoms with Crippen LogP contribution in [-0.2, 0) is 4.74 Å². The highest BCUT2D eigenvalue weighted by Crippen LogP contribution is 2.45. The van der Waals surface area contributed by atoms with Crippen molar-refractivity contribution >= 4 is 11.7 Å². The lowest BCUT2D eigenvalue weighted by atomic mass is 9.84. The smallest absolute Gasteiger partial charge is 0.410 e. The number of carbonyl (C=O) groups is 1. The molecule has 5 heteroatoms. The molecule has 3 aromatic rings. The molecule has 6 rings (SSSR count).